The van der Waals surface area contributed by atoms with Gasteiger partial charge in [-0.2, -0.15) is 0 Å². The lowest BCUT2D eigenvalue weighted by molar-refractivity contribution is -0.137. The van der Waals surface area contributed by atoms with Gasteiger partial charge in [-0.15, -0.1) is 0 Å². The summed E-state index contributed by atoms with van der Waals surface area (Å²) in [6, 6.07) is 9.53. The lowest BCUT2D eigenvalue weighted by Crippen LogP contribution is -2.52. The Balaban J connectivity index is 1.65. The third-order valence-electron chi connectivity index (χ3n) is 5.37. The minimum Gasteiger partial charge on any atom is -0.330 e. The van der Waals surface area contributed by atoms with E-state index in [9.17, 15) is 14.4 Å². The number of fused-ring (bicyclic) bond motifs is 1. The molecule has 2 aliphatic heterocycles. The molecule has 3 amide bonds. The second-order valence-electron chi connectivity index (χ2n) is 6.95. The van der Waals surface area contributed by atoms with Gasteiger partial charge >= 0.3 is 0 Å². The van der Waals surface area contributed by atoms with Crippen molar-refractivity contribution in [1.82, 2.24) is 14.8 Å². The minimum atomic E-state index is -0.821. The van der Waals surface area contributed by atoms with Gasteiger partial charge in [0.15, 0.2) is 0 Å². The standard InChI is InChI=1S/C22H21N3O3/c1-2-18(25-20(26)16-9-3-4-10-17(16)21(25)27)22(28)24-13-6-5-11-19(24)15-8-7-12-23-14-15/h3-10,12,14,18-19H,2,11,13H2,1H3. The molecule has 1 aromatic carbocycles. The Kier molecular flexibility index (Phi) is 4.77. The number of carbonyl (C=O) groups is 3. The normalized spacial score (nSPS) is 19.7. The van der Waals surface area contributed by atoms with E-state index in [4.69, 9.17) is 0 Å². The van der Waals surface area contributed by atoms with Gasteiger partial charge in [-0.1, -0.05) is 37.3 Å². The molecule has 0 radical (unpaired) electrons. The lowest BCUT2D eigenvalue weighted by atomic mass is 9.99. The Morgan fingerprint density at radius 2 is 1.82 bits per heavy atom. The molecule has 2 aromatic rings. The topological polar surface area (TPSA) is 70.6 Å². The first kappa shape index (κ1) is 18.1. The molecule has 1 aromatic heterocycles. The zero-order chi connectivity index (χ0) is 19.7. The van der Waals surface area contributed by atoms with E-state index in [2.05, 4.69) is 4.98 Å². The van der Waals surface area contributed by atoms with Gasteiger partial charge in [-0.25, -0.2) is 0 Å². The van der Waals surface area contributed by atoms with Crippen molar-refractivity contribution in [3.05, 3.63) is 77.6 Å². The Morgan fingerprint density at radius 1 is 1.11 bits per heavy atom. The van der Waals surface area contributed by atoms with Gasteiger partial charge in [-0.3, -0.25) is 24.3 Å². The van der Waals surface area contributed by atoms with Gasteiger partial charge in [0.2, 0.25) is 5.91 Å². The molecular formula is C22H21N3O3. The van der Waals surface area contributed by atoms with Crippen molar-refractivity contribution in [3.8, 4) is 0 Å². The fourth-order valence-corrected chi connectivity index (χ4v) is 3.95. The first-order valence-electron chi connectivity index (χ1n) is 9.45. The molecule has 28 heavy (non-hydrogen) atoms. The number of hydrogen-bond donors (Lipinski definition) is 0. The number of benzene rings is 1. The van der Waals surface area contributed by atoms with Crippen LogP contribution < -0.4 is 0 Å². The van der Waals surface area contributed by atoms with E-state index < -0.39 is 17.9 Å². The van der Waals surface area contributed by atoms with E-state index in [1.165, 1.54) is 0 Å². The van der Waals surface area contributed by atoms with Gasteiger partial charge in [0.1, 0.15) is 6.04 Å². The maximum Gasteiger partial charge on any atom is 0.262 e. The average molecular weight is 375 g/mol. The maximum absolute atomic E-state index is 13.5. The van der Waals surface area contributed by atoms with Crippen LogP contribution in [0.25, 0.3) is 0 Å². The average Bonchev–Trinajstić information content (AvgIpc) is 3.00. The largest absolute Gasteiger partial charge is 0.330 e. The predicted octanol–water partition coefficient (Wildman–Crippen LogP) is 2.99. The molecule has 2 aliphatic rings. The molecule has 0 saturated carbocycles. The van der Waals surface area contributed by atoms with Crippen LogP contribution in [0.3, 0.4) is 0 Å². The van der Waals surface area contributed by atoms with Crippen molar-refractivity contribution in [2.24, 2.45) is 0 Å². The SMILES string of the molecule is CCC(C(=O)N1CC=CCC1c1cccnc1)N1C(=O)c2ccccc2C1=O. The summed E-state index contributed by atoms with van der Waals surface area (Å²) in [7, 11) is 0. The molecule has 4 rings (SSSR count). The molecule has 0 aliphatic carbocycles. The highest BCUT2D eigenvalue weighted by Gasteiger charge is 2.44. The molecule has 6 nitrogen and oxygen atoms in total. The fraction of sp³-hybridized carbons (Fsp3) is 0.273. The highest BCUT2D eigenvalue weighted by atomic mass is 16.2. The number of hydrogen-bond acceptors (Lipinski definition) is 4. The van der Waals surface area contributed by atoms with Crippen LogP contribution in [0.1, 0.15) is 52.1 Å². The molecule has 0 bridgehead atoms. The van der Waals surface area contributed by atoms with Gasteiger partial charge in [0, 0.05) is 18.9 Å². The van der Waals surface area contributed by atoms with E-state index >= 15 is 0 Å². The first-order valence-corrected chi connectivity index (χ1v) is 9.45. The molecule has 3 heterocycles. The summed E-state index contributed by atoms with van der Waals surface area (Å²) in [5.41, 5.74) is 1.67. The summed E-state index contributed by atoms with van der Waals surface area (Å²) in [6.07, 6.45) is 8.49. The summed E-state index contributed by atoms with van der Waals surface area (Å²) < 4.78 is 0. The number of amides is 3. The second-order valence-corrected chi connectivity index (χ2v) is 6.95. The molecule has 0 saturated heterocycles. The van der Waals surface area contributed by atoms with Crippen LogP contribution in [0.4, 0.5) is 0 Å². The van der Waals surface area contributed by atoms with Crippen LogP contribution >= 0.6 is 0 Å². The first-order chi connectivity index (χ1) is 13.6. The van der Waals surface area contributed by atoms with Crippen LogP contribution in [0, 0.1) is 0 Å². The van der Waals surface area contributed by atoms with E-state index in [1.54, 1.807) is 41.6 Å². The zero-order valence-electron chi connectivity index (χ0n) is 15.6. The van der Waals surface area contributed by atoms with Crippen molar-refractivity contribution >= 4 is 17.7 Å². The number of rotatable bonds is 4. The number of nitrogens with zero attached hydrogens (tertiary/aromatic N) is 3. The molecule has 2 atom stereocenters. The minimum absolute atomic E-state index is 0.157. The van der Waals surface area contributed by atoms with Gasteiger partial charge in [-0.05, 0) is 36.6 Å². The van der Waals surface area contributed by atoms with Crippen molar-refractivity contribution < 1.29 is 14.4 Å². The highest BCUT2D eigenvalue weighted by molar-refractivity contribution is 6.22. The third-order valence-corrected chi connectivity index (χ3v) is 5.37. The molecule has 0 spiro atoms. The van der Waals surface area contributed by atoms with Crippen LogP contribution in [-0.4, -0.2) is 45.1 Å². The molecule has 2 unspecified atom stereocenters. The van der Waals surface area contributed by atoms with Crippen molar-refractivity contribution in [1.29, 1.82) is 0 Å². The van der Waals surface area contributed by atoms with Crippen molar-refractivity contribution in [2.45, 2.75) is 31.8 Å². The molecule has 0 N–H and O–H groups in total. The van der Waals surface area contributed by atoms with E-state index in [0.29, 0.717) is 30.5 Å². The van der Waals surface area contributed by atoms with Crippen LogP contribution in [-0.2, 0) is 4.79 Å². The van der Waals surface area contributed by atoms with Gasteiger partial charge in [0.25, 0.3) is 11.8 Å². The summed E-state index contributed by atoms with van der Waals surface area (Å²) in [6.45, 7) is 2.27. The number of pyridine rings is 1. The fourth-order valence-electron chi connectivity index (χ4n) is 3.95. The smallest absolute Gasteiger partial charge is 0.262 e. The van der Waals surface area contributed by atoms with Crippen molar-refractivity contribution in [2.75, 3.05) is 6.54 Å². The summed E-state index contributed by atoms with van der Waals surface area (Å²) >= 11 is 0. The predicted molar refractivity (Wildman–Crippen MR) is 103 cm³/mol. The molecule has 6 heteroatoms. The monoisotopic (exact) mass is 375 g/mol. The Bertz CT molecular complexity index is 920. The van der Waals surface area contributed by atoms with Gasteiger partial charge in [0.05, 0.1) is 17.2 Å². The highest BCUT2D eigenvalue weighted by Crippen LogP contribution is 2.31. The quantitative estimate of drug-likeness (QED) is 0.608. The second kappa shape index (κ2) is 7.38. The Labute approximate surface area is 163 Å². The molecular weight excluding hydrogens is 354 g/mol. The summed E-state index contributed by atoms with van der Waals surface area (Å²) in [5, 5.41) is 0. The summed E-state index contributed by atoms with van der Waals surface area (Å²) in [4.78, 5) is 46.2. The van der Waals surface area contributed by atoms with Gasteiger partial charge < -0.3 is 4.90 Å². The third kappa shape index (κ3) is 2.91. The number of carbonyl (C=O) groups excluding carboxylic acids is 3. The lowest BCUT2D eigenvalue weighted by Gasteiger charge is -2.37. The number of aromatic nitrogens is 1. The van der Waals surface area contributed by atoms with E-state index in [-0.39, 0.29) is 11.9 Å². The molecule has 142 valence electrons. The van der Waals surface area contributed by atoms with Crippen LogP contribution in [0.15, 0.2) is 60.9 Å². The van der Waals surface area contributed by atoms with Crippen LogP contribution in [0.5, 0.6) is 0 Å². The Morgan fingerprint density at radius 3 is 2.43 bits per heavy atom. The van der Waals surface area contributed by atoms with Crippen LogP contribution in [0.2, 0.25) is 0 Å². The zero-order valence-corrected chi connectivity index (χ0v) is 15.6. The van der Waals surface area contributed by atoms with E-state index in [1.807, 2.05) is 31.2 Å². The van der Waals surface area contributed by atoms with E-state index in [0.717, 1.165) is 10.5 Å². The number of imide groups is 1. The summed E-state index contributed by atoms with van der Waals surface area (Å²) in [5.74, 6) is -1.01. The Hall–Kier alpha value is -3.28. The maximum atomic E-state index is 13.5. The van der Waals surface area contributed by atoms with Crippen molar-refractivity contribution in [3.63, 3.8) is 0 Å². The molecule has 0 fully saturated rings.